The van der Waals surface area contributed by atoms with E-state index < -0.39 is 0 Å². The molecule has 5 heterocycles. The van der Waals surface area contributed by atoms with Crippen LogP contribution in [0.25, 0.3) is 10.9 Å². The number of hydrogen-bond donors (Lipinski definition) is 1. The van der Waals surface area contributed by atoms with Gasteiger partial charge in [-0.2, -0.15) is 5.10 Å². The Labute approximate surface area is 200 Å². The average Bonchev–Trinajstić information content (AvgIpc) is 3.46. The summed E-state index contributed by atoms with van der Waals surface area (Å²) in [6.07, 6.45) is 10.2. The van der Waals surface area contributed by atoms with Crippen molar-refractivity contribution in [3.05, 3.63) is 35.9 Å². The van der Waals surface area contributed by atoms with E-state index in [1.54, 1.807) is 4.90 Å². The first kappa shape index (κ1) is 20.7. The number of aromatic nitrogens is 2. The third-order valence-corrected chi connectivity index (χ3v) is 9.12. The number of piperidine rings is 3. The summed E-state index contributed by atoms with van der Waals surface area (Å²) in [6, 6.07) is 8.80. The molecule has 0 spiro atoms. The molecule has 0 unspecified atom stereocenters. The van der Waals surface area contributed by atoms with Crippen molar-refractivity contribution in [3.8, 4) is 0 Å². The van der Waals surface area contributed by atoms with Crippen molar-refractivity contribution in [2.75, 3.05) is 31.1 Å². The highest BCUT2D eigenvalue weighted by molar-refractivity contribution is 6.05. The van der Waals surface area contributed by atoms with Gasteiger partial charge in [-0.15, -0.1) is 0 Å². The number of nitrogens with zero attached hydrogens (tertiary/aromatic N) is 4. The molecule has 0 radical (unpaired) electrons. The van der Waals surface area contributed by atoms with Crippen LogP contribution in [0.1, 0.15) is 44.9 Å². The van der Waals surface area contributed by atoms with Crippen LogP contribution in [-0.4, -0.2) is 70.1 Å². The Morgan fingerprint density at radius 2 is 2.00 bits per heavy atom. The number of H-pyrrole nitrogens is 1. The minimum absolute atomic E-state index is 0.000844. The van der Waals surface area contributed by atoms with Crippen LogP contribution in [0.15, 0.2) is 35.9 Å². The van der Waals surface area contributed by atoms with Gasteiger partial charge >= 0.3 is 0 Å². The fourth-order valence-corrected chi connectivity index (χ4v) is 7.69. The summed E-state index contributed by atoms with van der Waals surface area (Å²) in [4.78, 5) is 33.5. The van der Waals surface area contributed by atoms with Crippen LogP contribution in [0.5, 0.6) is 0 Å². The van der Waals surface area contributed by atoms with Crippen molar-refractivity contribution in [2.45, 2.75) is 57.0 Å². The van der Waals surface area contributed by atoms with E-state index in [4.69, 9.17) is 0 Å². The van der Waals surface area contributed by atoms with E-state index in [0.717, 1.165) is 36.8 Å². The lowest BCUT2D eigenvalue weighted by atomic mass is 9.68. The van der Waals surface area contributed by atoms with Crippen LogP contribution in [0.4, 0.5) is 5.82 Å². The molecule has 5 atom stereocenters. The van der Waals surface area contributed by atoms with Crippen molar-refractivity contribution < 1.29 is 9.59 Å². The summed E-state index contributed by atoms with van der Waals surface area (Å²) in [5.74, 6) is 1.74. The van der Waals surface area contributed by atoms with Crippen molar-refractivity contribution in [1.29, 1.82) is 0 Å². The molecule has 7 heteroatoms. The van der Waals surface area contributed by atoms with Gasteiger partial charge in [-0.25, -0.2) is 0 Å². The molecule has 1 aromatic heterocycles. The van der Waals surface area contributed by atoms with Gasteiger partial charge in [0.15, 0.2) is 5.82 Å². The number of amides is 2. The number of fused-ring (bicyclic) bond motifs is 7. The summed E-state index contributed by atoms with van der Waals surface area (Å²) < 4.78 is 0. The van der Waals surface area contributed by atoms with E-state index >= 15 is 0 Å². The van der Waals surface area contributed by atoms with Crippen LogP contribution < -0.4 is 4.90 Å². The summed E-state index contributed by atoms with van der Waals surface area (Å²) >= 11 is 0. The predicted octanol–water partition coefficient (Wildman–Crippen LogP) is 3.34. The number of benzene rings is 1. The molecule has 2 amide bonds. The molecule has 1 aromatic carbocycles. The Hall–Kier alpha value is -2.67. The van der Waals surface area contributed by atoms with Crippen molar-refractivity contribution in [1.82, 2.24) is 20.0 Å². The van der Waals surface area contributed by atoms with Crippen LogP contribution in [0.2, 0.25) is 0 Å². The minimum atomic E-state index is -0.286. The molecule has 2 aromatic rings. The van der Waals surface area contributed by atoms with Gasteiger partial charge < -0.3 is 4.90 Å². The zero-order valence-electron chi connectivity index (χ0n) is 19.7. The highest BCUT2D eigenvalue weighted by Gasteiger charge is 2.48. The molecular formula is C27H33N5O2. The lowest BCUT2D eigenvalue weighted by molar-refractivity contribution is -0.140. The maximum Gasteiger partial charge on any atom is 0.229 e. The van der Waals surface area contributed by atoms with Gasteiger partial charge in [0.25, 0.3) is 0 Å². The van der Waals surface area contributed by atoms with Gasteiger partial charge in [0.1, 0.15) is 0 Å². The fraction of sp³-hybridized carbons (Fsp3) is 0.593. The van der Waals surface area contributed by atoms with Gasteiger partial charge in [0.05, 0.1) is 17.5 Å². The number of likely N-dealkylation sites (tertiary alicyclic amines) is 1. The number of aromatic amines is 1. The summed E-state index contributed by atoms with van der Waals surface area (Å²) in [5, 5.41) is 8.38. The van der Waals surface area contributed by atoms with Gasteiger partial charge in [0.2, 0.25) is 11.8 Å². The number of carbonyl (C=O) groups is 2. The largest absolute Gasteiger partial charge is 0.335 e. The van der Waals surface area contributed by atoms with E-state index in [1.165, 1.54) is 37.8 Å². The first-order chi connectivity index (χ1) is 16.7. The monoisotopic (exact) mass is 459 g/mol. The molecule has 0 saturated carbocycles. The Bertz CT molecular complexity index is 1170. The van der Waals surface area contributed by atoms with Crippen LogP contribution in [0.3, 0.4) is 0 Å². The number of para-hydroxylation sites is 1. The van der Waals surface area contributed by atoms with Crippen molar-refractivity contribution in [2.24, 2.45) is 17.8 Å². The summed E-state index contributed by atoms with van der Waals surface area (Å²) in [5.41, 5.74) is 2.42. The molecular weight excluding hydrogens is 426 g/mol. The highest BCUT2D eigenvalue weighted by Crippen LogP contribution is 2.45. The number of anilines is 1. The second kappa shape index (κ2) is 7.94. The molecule has 1 N–H and O–H groups in total. The topological polar surface area (TPSA) is 72.5 Å². The molecule has 178 valence electrons. The third-order valence-electron chi connectivity index (χ3n) is 9.12. The van der Waals surface area contributed by atoms with Gasteiger partial charge in [0, 0.05) is 37.5 Å². The van der Waals surface area contributed by atoms with Crippen molar-refractivity contribution >= 4 is 28.5 Å². The highest BCUT2D eigenvalue weighted by atomic mass is 16.2. The Balaban J connectivity index is 1.14. The quantitative estimate of drug-likeness (QED) is 0.700. The smallest absolute Gasteiger partial charge is 0.229 e. The van der Waals surface area contributed by atoms with E-state index in [1.807, 2.05) is 24.3 Å². The minimum Gasteiger partial charge on any atom is -0.335 e. The van der Waals surface area contributed by atoms with Gasteiger partial charge in [-0.3, -0.25) is 24.5 Å². The standard InChI is InChI=1S/C27H33N5O2/c33-24-14-20(16-32(24)26-21-7-1-2-8-22(21)28-29-26)27(34)31-11-5-6-17-12-18-13-19(25(17)31)15-30-10-4-3-9-23(18)30/h1-2,7-8,12,18-20,23,25H,3-6,9-11,13-16H2,(H,28,29)/t18-,19+,20-,23-,25-/m0/s1. The molecule has 7 nitrogen and oxygen atoms in total. The first-order valence-electron chi connectivity index (χ1n) is 13.2. The summed E-state index contributed by atoms with van der Waals surface area (Å²) in [7, 11) is 0. The first-order valence-corrected chi connectivity index (χ1v) is 13.2. The second-order valence-corrected chi connectivity index (χ2v) is 11.0. The SMILES string of the molecule is O=C1C[C@H](C(=O)N2CCCC3=C[C@H]4C[C@H](CN5CCCC[C@@H]45)[C@H]32)CN1c1n[nH]c2ccccc12. The normalized spacial score (nSPS) is 33.6. The average molecular weight is 460 g/mol. The van der Waals surface area contributed by atoms with E-state index in [9.17, 15) is 9.59 Å². The number of carbonyl (C=O) groups excluding carboxylic acids is 2. The maximum atomic E-state index is 13.9. The molecule has 1 aliphatic carbocycles. The van der Waals surface area contributed by atoms with E-state index in [0.29, 0.717) is 30.2 Å². The molecule has 4 fully saturated rings. The molecule has 34 heavy (non-hydrogen) atoms. The predicted molar refractivity (Wildman–Crippen MR) is 130 cm³/mol. The number of nitrogens with one attached hydrogen (secondary N) is 1. The third kappa shape index (κ3) is 3.16. The summed E-state index contributed by atoms with van der Waals surface area (Å²) in [6.45, 7) is 3.59. The molecule has 4 aliphatic heterocycles. The Morgan fingerprint density at radius 3 is 2.94 bits per heavy atom. The Kier molecular flexibility index (Phi) is 4.83. The molecule has 4 saturated heterocycles. The zero-order chi connectivity index (χ0) is 22.8. The Morgan fingerprint density at radius 1 is 1.09 bits per heavy atom. The van der Waals surface area contributed by atoms with E-state index in [-0.39, 0.29) is 30.2 Å². The van der Waals surface area contributed by atoms with Crippen molar-refractivity contribution in [3.63, 3.8) is 0 Å². The van der Waals surface area contributed by atoms with Gasteiger partial charge in [-0.1, -0.05) is 30.2 Å². The zero-order valence-corrected chi connectivity index (χ0v) is 19.7. The number of rotatable bonds is 2. The second-order valence-electron chi connectivity index (χ2n) is 11.0. The fourth-order valence-electron chi connectivity index (χ4n) is 7.69. The van der Waals surface area contributed by atoms with Crippen LogP contribution in [-0.2, 0) is 9.59 Å². The molecule has 7 rings (SSSR count). The maximum absolute atomic E-state index is 13.9. The van der Waals surface area contributed by atoms with E-state index in [2.05, 4.69) is 26.1 Å². The lowest BCUT2D eigenvalue weighted by Crippen LogP contribution is -2.60. The number of hydrogen-bond acceptors (Lipinski definition) is 4. The van der Waals surface area contributed by atoms with Crippen LogP contribution >= 0.6 is 0 Å². The molecule has 2 bridgehead atoms. The lowest BCUT2D eigenvalue weighted by Gasteiger charge is -2.55. The molecule has 5 aliphatic rings. The van der Waals surface area contributed by atoms with Gasteiger partial charge in [-0.05, 0) is 62.6 Å². The van der Waals surface area contributed by atoms with Crippen LogP contribution in [0, 0.1) is 17.8 Å².